The lowest BCUT2D eigenvalue weighted by Gasteiger charge is -2.43. The molecule has 0 spiro atoms. The molecule has 4 heteroatoms. The van der Waals surface area contributed by atoms with Gasteiger partial charge in [-0.3, -0.25) is 9.59 Å². The van der Waals surface area contributed by atoms with Gasteiger partial charge in [0, 0.05) is 18.4 Å². The van der Waals surface area contributed by atoms with E-state index in [2.05, 4.69) is 24.4 Å². The van der Waals surface area contributed by atoms with Crippen molar-refractivity contribution < 1.29 is 14.3 Å². The average Bonchev–Trinajstić information content (AvgIpc) is 2.68. The van der Waals surface area contributed by atoms with Crippen LogP contribution in [-0.4, -0.2) is 18.3 Å². The molecule has 3 rings (SSSR count). The Morgan fingerprint density at radius 2 is 1.70 bits per heavy atom. The lowest BCUT2D eigenvalue weighted by molar-refractivity contribution is -0.124. The maximum Gasteiger partial charge on any atom is 0.221 e. The number of ether oxygens (including phenoxy) is 1. The minimum atomic E-state index is -0.250. The third-order valence-electron chi connectivity index (χ3n) is 5.14. The first-order valence-electron chi connectivity index (χ1n) is 9.75. The molecule has 1 N–H and O–H groups in total. The Kier molecular flexibility index (Phi) is 6.28. The van der Waals surface area contributed by atoms with Gasteiger partial charge in [-0.05, 0) is 55.5 Å². The molecule has 2 aromatic carbocycles. The van der Waals surface area contributed by atoms with Gasteiger partial charge >= 0.3 is 0 Å². The number of nitrogens with one attached hydrogen (secondary N) is 1. The van der Waals surface area contributed by atoms with Crippen LogP contribution in [0.25, 0.3) is 0 Å². The number of rotatable bonds is 9. The normalized spacial score (nSPS) is 14.9. The minimum Gasteiger partial charge on any atom is -0.494 e. The SMILES string of the molecule is CCCOc1ccc(C(=O)CCC(=O)NC2(c3ccccc3)CCC2)cc1. The van der Waals surface area contributed by atoms with Crippen molar-refractivity contribution in [2.75, 3.05) is 6.61 Å². The monoisotopic (exact) mass is 365 g/mol. The summed E-state index contributed by atoms with van der Waals surface area (Å²) in [7, 11) is 0. The fraction of sp³-hybridized carbons (Fsp3) is 0.391. The molecule has 0 unspecified atom stereocenters. The summed E-state index contributed by atoms with van der Waals surface area (Å²) in [5.41, 5.74) is 1.52. The zero-order chi connectivity index (χ0) is 19.1. The molecule has 27 heavy (non-hydrogen) atoms. The van der Waals surface area contributed by atoms with E-state index in [-0.39, 0.29) is 30.1 Å². The predicted molar refractivity (Wildman–Crippen MR) is 106 cm³/mol. The number of ketones is 1. The molecule has 0 bridgehead atoms. The van der Waals surface area contributed by atoms with Crippen LogP contribution in [0, 0.1) is 0 Å². The third-order valence-corrected chi connectivity index (χ3v) is 5.14. The van der Waals surface area contributed by atoms with Gasteiger partial charge in [-0.1, -0.05) is 37.3 Å². The highest BCUT2D eigenvalue weighted by molar-refractivity contribution is 5.98. The van der Waals surface area contributed by atoms with Crippen molar-refractivity contribution in [2.24, 2.45) is 0 Å². The smallest absolute Gasteiger partial charge is 0.221 e. The van der Waals surface area contributed by atoms with Gasteiger partial charge in [0.25, 0.3) is 0 Å². The zero-order valence-corrected chi connectivity index (χ0v) is 15.9. The Morgan fingerprint density at radius 1 is 1.00 bits per heavy atom. The highest BCUT2D eigenvalue weighted by Gasteiger charge is 2.39. The van der Waals surface area contributed by atoms with Gasteiger partial charge in [0.2, 0.25) is 5.91 Å². The van der Waals surface area contributed by atoms with Crippen LogP contribution in [0.4, 0.5) is 0 Å². The summed E-state index contributed by atoms with van der Waals surface area (Å²) in [6.45, 7) is 2.71. The molecule has 1 amide bonds. The van der Waals surface area contributed by atoms with Crippen molar-refractivity contribution in [2.45, 2.75) is 51.0 Å². The van der Waals surface area contributed by atoms with E-state index in [1.807, 2.05) is 30.3 Å². The molecule has 0 aliphatic heterocycles. The lowest BCUT2D eigenvalue weighted by atomic mass is 9.71. The molecule has 0 heterocycles. The number of benzene rings is 2. The molecule has 1 fully saturated rings. The van der Waals surface area contributed by atoms with Crippen molar-refractivity contribution >= 4 is 11.7 Å². The maximum absolute atomic E-state index is 12.4. The second-order valence-corrected chi connectivity index (χ2v) is 7.15. The van der Waals surface area contributed by atoms with Crippen LogP contribution < -0.4 is 10.1 Å². The fourth-order valence-corrected chi connectivity index (χ4v) is 3.43. The lowest BCUT2D eigenvalue weighted by Crippen LogP contribution is -2.50. The van der Waals surface area contributed by atoms with E-state index in [1.54, 1.807) is 12.1 Å². The van der Waals surface area contributed by atoms with E-state index in [1.165, 1.54) is 0 Å². The highest BCUT2D eigenvalue weighted by atomic mass is 16.5. The first kappa shape index (κ1) is 19.2. The van der Waals surface area contributed by atoms with E-state index in [9.17, 15) is 9.59 Å². The number of hydrogen-bond acceptors (Lipinski definition) is 3. The number of carbonyl (C=O) groups is 2. The molecule has 1 aliphatic carbocycles. The zero-order valence-electron chi connectivity index (χ0n) is 15.9. The van der Waals surface area contributed by atoms with Gasteiger partial charge in [-0.15, -0.1) is 0 Å². The Bertz CT molecular complexity index is 764. The summed E-state index contributed by atoms with van der Waals surface area (Å²) in [5, 5.41) is 3.17. The molecule has 142 valence electrons. The van der Waals surface area contributed by atoms with Gasteiger partial charge in [0.15, 0.2) is 5.78 Å². The van der Waals surface area contributed by atoms with Crippen LogP contribution in [0.3, 0.4) is 0 Å². The summed E-state index contributed by atoms with van der Waals surface area (Å²) >= 11 is 0. The van der Waals surface area contributed by atoms with E-state index in [0.717, 1.165) is 37.0 Å². The molecule has 1 saturated carbocycles. The Hall–Kier alpha value is -2.62. The van der Waals surface area contributed by atoms with Crippen LogP contribution in [0.15, 0.2) is 54.6 Å². The molecule has 1 aliphatic rings. The van der Waals surface area contributed by atoms with Gasteiger partial charge in [0.1, 0.15) is 5.75 Å². The average molecular weight is 365 g/mol. The first-order valence-corrected chi connectivity index (χ1v) is 9.75. The number of amides is 1. The van der Waals surface area contributed by atoms with Crippen molar-refractivity contribution in [3.63, 3.8) is 0 Å². The number of Topliss-reactive ketones (excluding diaryl/α,β-unsaturated/α-hetero) is 1. The van der Waals surface area contributed by atoms with Crippen LogP contribution in [0.5, 0.6) is 5.75 Å². The standard InChI is InChI=1S/C23H27NO3/c1-2-17-27-20-11-9-18(10-12-20)21(25)13-14-22(26)24-23(15-6-16-23)19-7-4-3-5-8-19/h3-5,7-12H,2,6,13-17H2,1H3,(H,24,26). The van der Waals surface area contributed by atoms with Gasteiger partial charge in [-0.2, -0.15) is 0 Å². The van der Waals surface area contributed by atoms with E-state index in [0.29, 0.717) is 12.2 Å². The highest BCUT2D eigenvalue weighted by Crippen LogP contribution is 2.41. The third kappa shape index (κ3) is 4.76. The summed E-state index contributed by atoms with van der Waals surface area (Å²) in [5.74, 6) is 0.685. The van der Waals surface area contributed by atoms with Crippen LogP contribution in [-0.2, 0) is 10.3 Å². The van der Waals surface area contributed by atoms with Crippen molar-refractivity contribution in [1.82, 2.24) is 5.32 Å². The van der Waals surface area contributed by atoms with Gasteiger partial charge < -0.3 is 10.1 Å². The topological polar surface area (TPSA) is 55.4 Å². The predicted octanol–water partition coefficient (Wildman–Crippen LogP) is 4.63. The Balaban J connectivity index is 1.52. The van der Waals surface area contributed by atoms with E-state index >= 15 is 0 Å². The van der Waals surface area contributed by atoms with Crippen molar-refractivity contribution in [3.8, 4) is 5.75 Å². The Labute approximate surface area is 160 Å². The molecule has 0 saturated heterocycles. The summed E-state index contributed by atoms with van der Waals surface area (Å²) in [6, 6.07) is 17.3. The van der Waals surface area contributed by atoms with Gasteiger partial charge in [0.05, 0.1) is 12.1 Å². The molecule has 0 atom stereocenters. The quantitative estimate of drug-likeness (QED) is 0.659. The summed E-state index contributed by atoms with van der Waals surface area (Å²) in [4.78, 5) is 24.8. The molecule has 0 radical (unpaired) electrons. The summed E-state index contributed by atoms with van der Waals surface area (Å²) < 4.78 is 5.53. The molecular formula is C23H27NO3. The molecular weight excluding hydrogens is 338 g/mol. The second-order valence-electron chi connectivity index (χ2n) is 7.15. The largest absolute Gasteiger partial charge is 0.494 e. The molecule has 4 nitrogen and oxygen atoms in total. The van der Waals surface area contributed by atoms with Crippen molar-refractivity contribution in [3.05, 3.63) is 65.7 Å². The number of carbonyl (C=O) groups excluding carboxylic acids is 2. The van der Waals surface area contributed by atoms with Crippen LogP contribution in [0.2, 0.25) is 0 Å². The van der Waals surface area contributed by atoms with Crippen LogP contribution in [0.1, 0.15) is 61.4 Å². The molecule has 2 aromatic rings. The number of hydrogen-bond donors (Lipinski definition) is 1. The summed E-state index contributed by atoms with van der Waals surface area (Å²) in [6.07, 6.45) is 4.39. The first-order chi connectivity index (χ1) is 13.1. The van der Waals surface area contributed by atoms with Gasteiger partial charge in [-0.25, -0.2) is 0 Å². The van der Waals surface area contributed by atoms with Crippen molar-refractivity contribution in [1.29, 1.82) is 0 Å². The van der Waals surface area contributed by atoms with E-state index < -0.39 is 0 Å². The maximum atomic E-state index is 12.4. The minimum absolute atomic E-state index is 0.0189. The molecule has 0 aromatic heterocycles. The van der Waals surface area contributed by atoms with E-state index in [4.69, 9.17) is 4.74 Å². The van der Waals surface area contributed by atoms with Crippen LogP contribution >= 0.6 is 0 Å². The Morgan fingerprint density at radius 3 is 2.30 bits per heavy atom. The fourth-order valence-electron chi connectivity index (χ4n) is 3.43. The second kappa shape index (κ2) is 8.85.